The standard InChI is InChI=1S/C24H21NO2.C16H15NO.C8H5BrO/c26-24(22-15-20-13-7-8-14-21(20)27-22)16-25(17-24)23(18-9-3-1-4-10-18)19-11-5-2-6-12-19;18-15-11-17(12-15)16(13-7-3-1-4-8-13)14-9-5-2-6-10-14;9-7-5-10-8-4-2-1-3-6(7)8/h1-15,23,26H,16-17H2;1-10,16H,11-12H2;1-5H. The van der Waals surface area contributed by atoms with E-state index in [-0.39, 0.29) is 12.1 Å². The van der Waals surface area contributed by atoms with E-state index in [0.29, 0.717) is 37.7 Å². The Morgan fingerprint density at radius 2 is 1.00 bits per heavy atom. The van der Waals surface area contributed by atoms with Crippen LogP contribution >= 0.6 is 15.9 Å². The number of fused-ring (bicyclic) bond motifs is 2. The minimum atomic E-state index is -0.944. The maximum atomic E-state index is 11.2. The maximum Gasteiger partial charge on any atom is 0.160 e. The van der Waals surface area contributed by atoms with E-state index in [1.807, 2.05) is 103 Å². The predicted octanol–water partition coefficient (Wildman–Crippen LogP) is 10.6. The highest BCUT2D eigenvalue weighted by Gasteiger charge is 2.48. The predicted molar refractivity (Wildman–Crippen MR) is 222 cm³/mol. The lowest BCUT2D eigenvalue weighted by Crippen LogP contribution is -2.60. The number of halogens is 1. The third-order valence-electron chi connectivity index (χ3n) is 10.2. The van der Waals surface area contributed by atoms with E-state index in [9.17, 15) is 9.90 Å². The van der Waals surface area contributed by atoms with Crippen LogP contribution in [0.4, 0.5) is 0 Å². The number of likely N-dealkylation sites (tertiary alicyclic amines) is 2. The number of carbonyl (C=O) groups is 1. The Kier molecular flexibility index (Phi) is 10.9. The minimum Gasteiger partial charge on any atom is -0.463 e. The largest absolute Gasteiger partial charge is 0.463 e. The normalized spacial score (nSPS) is 15.2. The average Bonchev–Trinajstić information content (AvgIpc) is 3.83. The van der Waals surface area contributed by atoms with Crippen molar-refractivity contribution in [3.63, 3.8) is 0 Å². The number of hydrogen-bond acceptors (Lipinski definition) is 6. The monoisotopic (exact) mass is 788 g/mol. The van der Waals surface area contributed by atoms with Gasteiger partial charge in [0.15, 0.2) is 5.78 Å². The topological polar surface area (TPSA) is 70.1 Å². The zero-order valence-corrected chi connectivity index (χ0v) is 31.8. The molecule has 274 valence electrons. The Morgan fingerprint density at radius 3 is 1.47 bits per heavy atom. The first-order chi connectivity index (χ1) is 26.9. The molecule has 2 aliphatic heterocycles. The van der Waals surface area contributed by atoms with Crippen LogP contribution < -0.4 is 0 Å². The molecule has 7 heteroatoms. The molecule has 0 saturated carbocycles. The molecule has 8 aromatic rings. The maximum absolute atomic E-state index is 11.2. The SMILES string of the molecule is Brc1coc2ccccc12.O=C1CN(C(c2ccccc2)c2ccccc2)C1.OC1(c2cc3ccccc3o2)CN(C(c2ccccc2)c2ccccc2)C1. The molecule has 0 radical (unpaired) electrons. The number of rotatable bonds is 7. The van der Waals surface area contributed by atoms with Crippen molar-refractivity contribution >= 4 is 43.7 Å². The van der Waals surface area contributed by atoms with Crippen molar-refractivity contribution in [2.45, 2.75) is 17.7 Å². The fraction of sp³-hybridized carbons (Fsp3) is 0.146. The molecule has 1 N–H and O–H groups in total. The summed E-state index contributed by atoms with van der Waals surface area (Å²) >= 11 is 3.37. The zero-order valence-electron chi connectivity index (χ0n) is 30.2. The summed E-state index contributed by atoms with van der Waals surface area (Å²) in [5, 5.41) is 13.3. The molecular formula is C48H41BrN2O4. The lowest BCUT2D eigenvalue weighted by Gasteiger charge is -2.49. The molecule has 0 amide bonds. The van der Waals surface area contributed by atoms with E-state index in [0.717, 1.165) is 26.4 Å². The van der Waals surface area contributed by atoms with Gasteiger partial charge in [0.1, 0.15) is 28.8 Å². The second-order valence-corrected chi connectivity index (χ2v) is 14.9. The van der Waals surface area contributed by atoms with Gasteiger partial charge in [-0.3, -0.25) is 14.6 Å². The van der Waals surface area contributed by atoms with Crippen LogP contribution in [0.1, 0.15) is 40.1 Å². The summed E-state index contributed by atoms with van der Waals surface area (Å²) < 4.78 is 12.2. The highest BCUT2D eigenvalue weighted by molar-refractivity contribution is 9.10. The molecule has 2 aromatic heterocycles. The summed E-state index contributed by atoms with van der Waals surface area (Å²) in [6, 6.07) is 59.7. The van der Waals surface area contributed by atoms with Crippen LogP contribution in [0.5, 0.6) is 0 Å². The lowest BCUT2D eigenvalue weighted by molar-refractivity contribution is -0.130. The Morgan fingerprint density at radius 1 is 0.564 bits per heavy atom. The minimum absolute atomic E-state index is 0.122. The molecule has 2 saturated heterocycles. The van der Waals surface area contributed by atoms with Gasteiger partial charge in [0.2, 0.25) is 0 Å². The molecular weight excluding hydrogens is 748 g/mol. The molecule has 0 aliphatic carbocycles. The molecule has 0 atom stereocenters. The van der Waals surface area contributed by atoms with Crippen molar-refractivity contribution in [1.29, 1.82) is 0 Å². The van der Waals surface area contributed by atoms with E-state index < -0.39 is 5.60 Å². The molecule has 0 spiro atoms. The number of para-hydroxylation sites is 2. The number of hydrogen-bond donors (Lipinski definition) is 1. The highest BCUT2D eigenvalue weighted by Crippen LogP contribution is 2.42. The number of furan rings is 2. The van der Waals surface area contributed by atoms with Crippen LogP contribution in [-0.4, -0.2) is 46.9 Å². The summed E-state index contributed by atoms with van der Waals surface area (Å²) in [5.74, 6) is 0.978. The molecule has 2 fully saturated rings. The van der Waals surface area contributed by atoms with E-state index in [2.05, 4.69) is 98.5 Å². The lowest BCUT2D eigenvalue weighted by atomic mass is 9.85. The summed E-state index contributed by atoms with van der Waals surface area (Å²) in [7, 11) is 0. The number of β-amino-alcohol motifs (C(OH)–C–C–N with tert-alkyl or cyclic N) is 1. The van der Waals surface area contributed by atoms with Crippen molar-refractivity contribution in [3.8, 4) is 0 Å². The third-order valence-corrected chi connectivity index (χ3v) is 10.8. The Labute approximate surface area is 329 Å². The van der Waals surface area contributed by atoms with Crippen molar-refractivity contribution in [2.75, 3.05) is 26.2 Å². The van der Waals surface area contributed by atoms with E-state index in [1.165, 1.54) is 22.3 Å². The first-order valence-electron chi connectivity index (χ1n) is 18.5. The number of ketones is 1. The molecule has 0 unspecified atom stereocenters. The first kappa shape index (κ1) is 36.4. The van der Waals surface area contributed by atoms with Gasteiger partial charge in [0.05, 0.1) is 29.6 Å². The number of Topliss-reactive ketones (excluding diaryl/α,β-unsaturated/α-hetero) is 1. The van der Waals surface area contributed by atoms with Crippen LogP contribution in [0.15, 0.2) is 195 Å². The van der Waals surface area contributed by atoms with Gasteiger partial charge in [-0.05, 0) is 62.4 Å². The van der Waals surface area contributed by atoms with E-state index in [4.69, 9.17) is 8.83 Å². The zero-order chi connectivity index (χ0) is 37.6. The molecule has 4 heterocycles. The molecule has 6 aromatic carbocycles. The number of aliphatic hydroxyl groups is 1. The number of carbonyl (C=O) groups excluding carboxylic acids is 1. The van der Waals surface area contributed by atoms with E-state index >= 15 is 0 Å². The highest BCUT2D eigenvalue weighted by atomic mass is 79.9. The molecule has 55 heavy (non-hydrogen) atoms. The smallest absolute Gasteiger partial charge is 0.160 e. The van der Waals surface area contributed by atoms with Crippen LogP contribution in [0.25, 0.3) is 21.9 Å². The first-order valence-corrected chi connectivity index (χ1v) is 19.3. The van der Waals surface area contributed by atoms with Crippen molar-refractivity contribution in [1.82, 2.24) is 9.80 Å². The van der Waals surface area contributed by atoms with Crippen molar-refractivity contribution in [3.05, 3.63) is 215 Å². The Bertz CT molecular complexity index is 2340. The van der Waals surface area contributed by atoms with Gasteiger partial charge in [-0.15, -0.1) is 0 Å². The quantitative estimate of drug-likeness (QED) is 0.173. The van der Waals surface area contributed by atoms with Gasteiger partial charge in [0.25, 0.3) is 0 Å². The second kappa shape index (κ2) is 16.4. The number of nitrogens with zero attached hydrogens (tertiary/aromatic N) is 2. The summed E-state index contributed by atoms with van der Waals surface area (Å²) in [5.41, 5.74) is 5.76. The van der Waals surface area contributed by atoms with Crippen LogP contribution in [0.3, 0.4) is 0 Å². The number of benzene rings is 6. The fourth-order valence-corrected chi connectivity index (χ4v) is 7.90. The van der Waals surface area contributed by atoms with Gasteiger partial charge < -0.3 is 13.9 Å². The van der Waals surface area contributed by atoms with Crippen molar-refractivity contribution in [2.24, 2.45) is 0 Å². The average molecular weight is 790 g/mol. The summed E-state index contributed by atoms with van der Waals surface area (Å²) in [6.07, 6.45) is 1.70. The fourth-order valence-electron chi connectivity index (χ4n) is 7.48. The molecule has 0 bridgehead atoms. The van der Waals surface area contributed by atoms with Crippen molar-refractivity contribution < 1.29 is 18.7 Å². The molecule has 10 rings (SSSR count). The Hall–Kier alpha value is -5.57. The van der Waals surface area contributed by atoms with E-state index in [1.54, 1.807) is 6.26 Å². The van der Waals surface area contributed by atoms with Crippen LogP contribution in [0, 0.1) is 0 Å². The van der Waals surface area contributed by atoms with Gasteiger partial charge in [-0.1, -0.05) is 152 Å². The van der Waals surface area contributed by atoms with Gasteiger partial charge in [-0.25, -0.2) is 0 Å². The molecule has 6 nitrogen and oxygen atoms in total. The Balaban J connectivity index is 0.000000130. The van der Waals surface area contributed by atoms with Crippen LogP contribution in [-0.2, 0) is 10.4 Å². The molecule has 2 aliphatic rings. The summed E-state index contributed by atoms with van der Waals surface area (Å²) in [6.45, 7) is 2.21. The third kappa shape index (κ3) is 8.11. The van der Waals surface area contributed by atoms with Gasteiger partial charge in [0, 0.05) is 23.9 Å². The van der Waals surface area contributed by atoms with Crippen LogP contribution in [0.2, 0.25) is 0 Å². The van der Waals surface area contributed by atoms with Gasteiger partial charge in [-0.2, -0.15) is 0 Å². The van der Waals surface area contributed by atoms with Gasteiger partial charge >= 0.3 is 0 Å². The summed E-state index contributed by atoms with van der Waals surface area (Å²) in [4.78, 5) is 15.8. The second-order valence-electron chi connectivity index (χ2n) is 14.1.